The summed E-state index contributed by atoms with van der Waals surface area (Å²) in [6.45, 7) is 8.36. The highest BCUT2D eigenvalue weighted by molar-refractivity contribution is 5.94. The number of carbonyl (C=O) groups is 2. The summed E-state index contributed by atoms with van der Waals surface area (Å²) in [5.41, 5.74) is 1.56. The first-order valence-corrected chi connectivity index (χ1v) is 7.65. The van der Waals surface area contributed by atoms with Crippen molar-refractivity contribution in [3.63, 3.8) is 0 Å². The molecule has 1 aromatic rings. The van der Waals surface area contributed by atoms with Crippen LogP contribution in [-0.4, -0.2) is 17.9 Å². The molecule has 0 bridgehead atoms. The van der Waals surface area contributed by atoms with E-state index in [0.717, 1.165) is 18.4 Å². The van der Waals surface area contributed by atoms with Crippen molar-refractivity contribution in [1.82, 2.24) is 10.6 Å². The van der Waals surface area contributed by atoms with Gasteiger partial charge in [-0.05, 0) is 37.5 Å². The molecule has 0 radical (unpaired) electrons. The second-order valence-corrected chi connectivity index (χ2v) is 5.51. The average Bonchev–Trinajstić information content (AvgIpc) is 2.51. The maximum Gasteiger partial charge on any atom is 0.251 e. The summed E-state index contributed by atoms with van der Waals surface area (Å²) in [5.74, 6) is -0.00621. The Bertz CT molecular complexity index is 485. The lowest BCUT2D eigenvalue weighted by Crippen LogP contribution is -2.32. The largest absolute Gasteiger partial charge is 0.352 e. The molecule has 1 aromatic carbocycles. The predicted molar refractivity (Wildman–Crippen MR) is 85.0 cm³/mol. The van der Waals surface area contributed by atoms with Crippen LogP contribution in [0.5, 0.6) is 0 Å². The highest BCUT2D eigenvalue weighted by Gasteiger charge is 2.11. The summed E-state index contributed by atoms with van der Waals surface area (Å²) in [5, 5.41) is 5.84. The first kappa shape index (κ1) is 17.2. The van der Waals surface area contributed by atoms with Gasteiger partial charge in [0.2, 0.25) is 5.91 Å². The van der Waals surface area contributed by atoms with Gasteiger partial charge in [0.05, 0.1) is 0 Å². The molecule has 0 aromatic heterocycles. The fraction of sp³-hybridized carbons (Fsp3) is 0.529. The number of hydrogen-bond donors (Lipinski definition) is 2. The topological polar surface area (TPSA) is 58.2 Å². The molecule has 0 aliphatic heterocycles. The van der Waals surface area contributed by atoms with Crippen molar-refractivity contribution in [1.29, 1.82) is 0 Å². The molecule has 2 amide bonds. The zero-order chi connectivity index (χ0) is 15.8. The number of rotatable bonds is 7. The first-order chi connectivity index (χ1) is 9.97. The fourth-order valence-electron chi connectivity index (χ4n) is 1.78. The van der Waals surface area contributed by atoms with E-state index in [1.165, 1.54) is 0 Å². The molecule has 0 fully saturated rings. The van der Waals surface area contributed by atoms with Crippen LogP contribution in [0.1, 0.15) is 56.5 Å². The van der Waals surface area contributed by atoms with Gasteiger partial charge in [-0.1, -0.05) is 32.9 Å². The Morgan fingerprint density at radius 3 is 2.48 bits per heavy atom. The van der Waals surface area contributed by atoms with Crippen molar-refractivity contribution in [3.8, 4) is 0 Å². The maximum atomic E-state index is 12.1. The summed E-state index contributed by atoms with van der Waals surface area (Å²) >= 11 is 0. The molecular formula is C17H26N2O2. The van der Waals surface area contributed by atoms with Gasteiger partial charge in [-0.2, -0.15) is 0 Å². The zero-order valence-corrected chi connectivity index (χ0v) is 13.4. The Morgan fingerprint density at radius 2 is 1.86 bits per heavy atom. The molecule has 4 heteroatoms. The molecule has 0 saturated carbocycles. The minimum absolute atomic E-state index is 0.0156. The molecule has 0 heterocycles. The number of amides is 2. The molecule has 116 valence electrons. The molecule has 21 heavy (non-hydrogen) atoms. The van der Waals surface area contributed by atoms with Crippen molar-refractivity contribution in [2.75, 3.05) is 0 Å². The number of nitrogens with one attached hydrogen (secondary N) is 2. The molecule has 0 aliphatic rings. The Hall–Kier alpha value is -1.84. The van der Waals surface area contributed by atoms with Crippen LogP contribution < -0.4 is 10.6 Å². The zero-order valence-electron chi connectivity index (χ0n) is 13.4. The Balaban J connectivity index is 2.64. The van der Waals surface area contributed by atoms with E-state index in [2.05, 4.69) is 10.6 Å². The Kier molecular flexibility index (Phi) is 6.92. The van der Waals surface area contributed by atoms with Gasteiger partial charge in [0.15, 0.2) is 0 Å². The molecule has 1 rings (SSSR count). The molecule has 4 nitrogen and oxygen atoms in total. The van der Waals surface area contributed by atoms with Gasteiger partial charge >= 0.3 is 0 Å². The van der Waals surface area contributed by atoms with Crippen molar-refractivity contribution in [2.45, 2.75) is 53.1 Å². The Labute approximate surface area is 127 Å². The van der Waals surface area contributed by atoms with Crippen LogP contribution in [0, 0.1) is 5.92 Å². The number of hydrogen-bond acceptors (Lipinski definition) is 2. The second kappa shape index (κ2) is 8.45. The van der Waals surface area contributed by atoms with E-state index in [1.54, 1.807) is 6.07 Å². The minimum atomic E-state index is -0.0700. The lowest BCUT2D eigenvalue weighted by Gasteiger charge is -2.13. The van der Waals surface area contributed by atoms with Crippen LogP contribution >= 0.6 is 0 Å². The highest BCUT2D eigenvalue weighted by atomic mass is 16.2. The maximum absolute atomic E-state index is 12.1. The van der Waals surface area contributed by atoms with Gasteiger partial charge in [0, 0.05) is 24.1 Å². The van der Waals surface area contributed by atoms with Crippen molar-refractivity contribution in [2.24, 2.45) is 5.92 Å². The van der Waals surface area contributed by atoms with E-state index in [4.69, 9.17) is 0 Å². The molecular weight excluding hydrogens is 264 g/mol. The van der Waals surface area contributed by atoms with E-state index in [-0.39, 0.29) is 23.8 Å². The molecule has 2 atom stereocenters. The van der Waals surface area contributed by atoms with Gasteiger partial charge in [-0.25, -0.2) is 0 Å². The average molecular weight is 290 g/mol. The van der Waals surface area contributed by atoms with E-state index >= 15 is 0 Å². The summed E-state index contributed by atoms with van der Waals surface area (Å²) in [6.07, 6.45) is 1.72. The Morgan fingerprint density at radius 1 is 1.14 bits per heavy atom. The van der Waals surface area contributed by atoms with Gasteiger partial charge in [-0.15, -0.1) is 0 Å². The van der Waals surface area contributed by atoms with Crippen molar-refractivity contribution < 1.29 is 9.59 Å². The quantitative estimate of drug-likeness (QED) is 0.811. The highest BCUT2D eigenvalue weighted by Crippen LogP contribution is 2.07. The lowest BCUT2D eigenvalue weighted by molar-refractivity contribution is -0.124. The van der Waals surface area contributed by atoms with E-state index in [9.17, 15) is 9.59 Å². The van der Waals surface area contributed by atoms with Crippen LogP contribution in [0.3, 0.4) is 0 Å². The third kappa shape index (κ3) is 5.58. The molecule has 0 aliphatic carbocycles. The van der Waals surface area contributed by atoms with Crippen LogP contribution in [0.25, 0.3) is 0 Å². The monoisotopic (exact) mass is 290 g/mol. The molecule has 2 N–H and O–H groups in total. The van der Waals surface area contributed by atoms with E-state index < -0.39 is 0 Å². The second-order valence-electron chi connectivity index (χ2n) is 5.51. The van der Waals surface area contributed by atoms with Gasteiger partial charge in [0.1, 0.15) is 0 Å². The van der Waals surface area contributed by atoms with Crippen LogP contribution in [-0.2, 0) is 11.3 Å². The molecule has 0 spiro atoms. The minimum Gasteiger partial charge on any atom is -0.352 e. The summed E-state index contributed by atoms with van der Waals surface area (Å²) in [4.78, 5) is 23.8. The SMILES string of the molecule is CC[C@@H](C)NC(=O)c1cccc(CNC(=O)[C@@H](C)CC)c1. The molecule has 0 saturated heterocycles. The van der Waals surface area contributed by atoms with Gasteiger partial charge in [-0.3, -0.25) is 9.59 Å². The van der Waals surface area contributed by atoms with Crippen LogP contribution in [0.15, 0.2) is 24.3 Å². The third-order valence-corrected chi connectivity index (χ3v) is 3.71. The van der Waals surface area contributed by atoms with Crippen molar-refractivity contribution in [3.05, 3.63) is 35.4 Å². The van der Waals surface area contributed by atoms with Crippen molar-refractivity contribution >= 4 is 11.8 Å². The normalized spacial score (nSPS) is 13.3. The van der Waals surface area contributed by atoms with Crippen LogP contribution in [0.4, 0.5) is 0 Å². The predicted octanol–water partition coefficient (Wildman–Crippen LogP) is 2.88. The van der Waals surface area contributed by atoms with Crippen LogP contribution in [0.2, 0.25) is 0 Å². The summed E-state index contributed by atoms with van der Waals surface area (Å²) < 4.78 is 0. The van der Waals surface area contributed by atoms with E-state index in [1.807, 2.05) is 45.9 Å². The fourth-order valence-corrected chi connectivity index (χ4v) is 1.78. The third-order valence-electron chi connectivity index (χ3n) is 3.71. The summed E-state index contributed by atoms with van der Waals surface area (Å²) in [7, 11) is 0. The lowest BCUT2D eigenvalue weighted by atomic mass is 10.1. The smallest absolute Gasteiger partial charge is 0.251 e. The standard InChI is InChI=1S/C17H26N2O2/c1-5-12(3)16(20)18-11-14-8-7-9-15(10-14)17(21)19-13(4)6-2/h7-10,12-13H,5-6,11H2,1-4H3,(H,18,20)(H,19,21)/t12-,13+/m0/s1. The van der Waals surface area contributed by atoms with E-state index in [0.29, 0.717) is 12.1 Å². The summed E-state index contributed by atoms with van der Waals surface area (Å²) in [6, 6.07) is 7.53. The van der Waals surface area contributed by atoms with Gasteiger partial charge in [0.25, 0.3) is 5.91 Å². The molecule has 0 unspecified atom stereocenters. The first-order valence-electron chi connectivity index (χ1n) is 7.65. The number of benzene rings is 1. The van der Waals surface area contributed by atoms with Gasteiger partial charge < -0.3 is 10.6 Å². The number of carbonyl (C=O) groups excluding carboxylic acids is 2.